The van der Waals surface area contributed by atoms with Crippen molar-refractivity contribution >= 4 is 11.6 Å². The molecule has 0 aliphatic carbocycles. The van der Waals surface area contributed by atoms with Crippen molar-refractivity contribution < 1.29 is 22.4 Å². The fourth-order valence-electron chi connectivity index (χ4n) is 3.21. The lowest BCUT2D eigenvalue weighted by atomic mass is 9.89. The molecular formula is C20H18F3N5O2. The maximum atomic E-state index is 12.7. The first-order valence-corrected chi connectivity index (χ1v) is 9.25. The third-order valence-electron chi connectivity index (χ3n) is 5.08. The number of hydrogen-bond donors (Lipinski definition) is 2. The van der Waals surface area contributed by atoms with Crippen molar-refractivity contribution in [2.75, 3.05) is 11.9 Å². The fourth-order valence-corrected chi connectivity index (χ4v) is 3.21. The number of hydrogen-bond acceptors (Lipinski definition) is 6. The number of carbonyl (C=O) groups excluding carboxylic acids is 1. The topological polar surface area (TPSA) is 92.9 Å². The number of aromatic nitrogens is 3. The molecule has 1 aromatic carbocycles. The van der Waals surface area contributed by atoms with E-state index >= 15 is 0 Å². The van der Waals surface area contributed by atoms with E-state index in [2.05, 4.69) is 25.8 Å². The minimum atomic E-state index is -4.37. The van der Waals surface area contributed by atoms with E-state index in [1.807, 2.05) is 0 Å². The summed E-state index contributed by atoms with van der Waals surface area (Å²) < 4.78 is 43.9. The molecule has 1 amide bonds. The van der Waals surface area contributed by atoms with E-state index < -0.39 is 17.2 Å². The van der Waals surface area contributed by atoms with Crippen LogP contribution in [0.5, 0.6) is 0 Å². The van der Waals surface area contributed by atoms with Gasteiger partial charge in [0.1, 0.15) is 5.41 Å². The van der Waals surface area contributed by atoms with Crippen LogP contribution < -0.4 is 10.6 Å². The summed E-state index contributed by atoms with van der Waals surface area (Å²) >= 11 is 0. The maximum absolute atomic E-state index is 12.7. The van der Waals surface area contributed by atoms with Crippen LogP contribution in [0.1, 0.15) is 30.4 Å². The van der Waals surface area contributed by atoms with Crippen molar-refractivity contribution in [2.24, 2.45) is 0 Å². The molecule has 0 bridgehead atoms. The third-order valence-corrected chi connectivity index (χ3v) is 5.08. The molecule has 30 heavy (non-hydrogen) atoms. The van der Waals surface area contributed by atoms with Crippen molar-refractivity contribution in [3.8, 4) is 11.6 Å². The smallest absolute Gasteiger partial charge is 0.416 e. The molecule has 4 rings (SSSR count). The Labute approximate surface area is 169 Å². The molecule has 2 aromatic heterocycles. The number of carbonyl (C=O) groups is 1. The molecule has 7 nitrogen and oxygen atoms in total. The predicted molar refractivity (Wildman–Crippen MR) is 101 cm³/mol. The number of rotatable bonds is 5. The highest BCUT2D eigenvalue weighted by atomic mass is 19.4. The Balaban J connectivity index is 1.53. The first-order chi connectivity index (χ1) is 14.3. The van der Waals surface area contributed by atoms with Gasteiger partial charge < -0.3 is 15.1 Å². The quantitative estimate of drug-likeness (QED) is 0.660. The maximum Gasteiger partial charge on any atom is 0.416 e. The van der Waals surface area contributed by atoms with Gasteiger partial charge in [-0.15, -0.1) is 10.2 Å². The van der Waals surface area contributed by atoms with Gasteiger partial charge in [0.15, 0.2) is 5.69 Å². The average Bonchev–Trinajstić information content (AvgIpc) is 3.34. The van der Waals surface area contributed by atoms with E-state index in [0.29, 0.717) is 29.9 Å². The van der Waals surface area contributed by atoms with Gasteiger partial charge in [0.25, 0.3) is 5.89 Å². The minimum absolute atomic E-state index is 0.154. The monoisotopic (exact) mass is 417 g/mol. The Kier molecular flexibility index (Phi) is 4.92. The largest absolute Gasteiger partial charge is 0.418 e. The van der Waals surface area contributed by atoms with Crippen LogP contribution in [-0.2, 0) is 22.9 Å². The summed E-state index contributed by atoms with van der Waals surface area (Å²) in [5.74, 6) is 0.202. The van der Waals surface area contributed by atoms with Gasteiger partial charge in [-0.3, -0.25) is 4.79 Å². The Morgan fingerprint density at radius 2 is 1.97 bits per heavy atom. The zero-order valence-corrected chi connectivity index (χ0v) is 16.0. The third kappa shape index (κ3) is 3.72. The van der Waals surface area contributed by atoms with Crippen molar-refractivity contribution in [3.05, 3.63) is 59.6 Å². The second-order valence-electron chi connectivity index (χ2n) is 7.20. The molecule has 1 atom stereocenters. The highest BCUT2D eigenvalue weighted by molar-refractivity contribution is 5.88. The lowest BCUT2D eigenvalue weighted by Crippen LogP contribution is -2.32. The van der Waals surface area contributed by atoms with Gasteiger partial charge in [-0.1, -0.05) is 12.1 Å². The normalized spacial score (nSPS) is 19.0. The molecule has 0 radical (unpaired) electrons. The van der Waals surface area contributed by atoms with Crippen LogP contribution in [0.2, 0.25) is 0 Å². The second kappa shape index (κ2) is 7.43. The van der Waals surface area contributed by atoms with E-state index in [9.17, 15) is 18.0 Å². The molecule has 2 N–H and O–H groups in total. The van der Waals surface area contributed by atoms with Crippen molar-refractivity contribution in [1.29, 1.82) is 0 Å². The molecule has 1 aliphatic rings. The van der Waals surface area contributed by atoms with E-state index in [-0.39, 0.29) is 24.2 Å². The Morgan fingerprint density at radius 3 is 2.63 bits per heavy atom. The van der Waals surface area contributed by atoms with E-state index in [4.69, 9.17) is 4.42 Å². The number of nitrogens with one attached hydrogen (secondary N) is 2. The molecule has 0 saturated carbocycles. The number of anilines is 1. The van der Waals surface area contributed by atoms with Crippen LogP contribution >= 0.6 is 0 Å². The van der Waals surface area contributed by atoms with Crippen LogP contribution in [-0.4, -0.2) is 27.6 Å². The molecule has 1 aliphatic heterocycles. The molecule has 3 aromatic rings. The zero-order chi connectivity index (χ0) is 21.4. The van der Waals surface area contributed by atoms with Crippen LogP contribution in [0.3, 0.4) is 0 Å². The number of halogens is 3. The van der Waals surface area contributed by atoms with Crippen LogP contribution in [0.25, 0.3) is 11.6 Å². The Hall–Kier alpha value is -3.43. The van der Waals surface area contributed by atoms with Gasteiger partial charge >= 0.3 is 6.18 Å². The number of benzene rings is 1. The molecule has 3 heterocycles. The van der Waals surface area contributed by atoms with Crippen molar-refractivity contribution in [3.63, 3.8) is 0 Å². The minimum Gasteiger partial charge on any atom is -0.418 e. The van der Waals surface area contributed by atoms with Crippen LogP contribution in [0.4, 0.5) is 18.9 Å². The van der Waals surface area contributed by atoms with Crippen LogP contribution in [0.15, 0.2) is 47.0 Å². The molecule has 1 fully saturated rings. The van der Waals surface area contributed by atoms with E-state index in [1.54, 1.807) is 25.3 Å². The molecular weight excluding hydrogens is 399 g/mol. The number of pyridine rings is 1. The van der Waals surface area contributed by atoms with Crippen molar-refractivity contribution in [1.82, 2.24) is 20.5 Å². The van der Waals surface area contributed by atoms with Gasteiger partial charge in [-0.2, -0.15) is 13.2 Å². The molecule has 1 unspecified atom stereocenters. The lowest BCUT2D eigenvalue weighted by molar-refractivity contribution is -0.137. The standard InChI is InChI=1S/C20H18F3N5O2/c1-19(8-10-25-17(19)29)18-28-27-16(30-18)15-14(3-2-9-24-15)26-11-12-4-6-13(7-5-12)20(21,22)23/h2-7,9,26H,8,10-11H2,1H3,(H,25,29). The van der Waals surface area contributed by atoms with Gasteiger partial charge in [0.2, 0.25) is 11.8 Å². The Bertz CT molecular complexity index is 1060. The summed E-state index contributed by atoms with van der Waals surface area (Å²) in [7, 11) is 0. The second-order valence-corrected chi connectivity index (χ2v) is 7.20. The molecule has 156 valence electrons. The summed E-state index contributed by atoms with van der Waals surface area (Å²) in [5, 5.41) is 14.0. The summed E-state index contributed by atoms with van der Waals surface area (Å²) in [5.41, 5.74) is 0.0579. The number of alkyl halides is 3. The van der Waals surface area contributed by atoms with Gasteiger partial charge in [0, 0.05) is 19.3 Å². The number of nitrogens with zero attached hydrogens (tertiary/aromatic N) is 3. The summed E-state index contributed by atoms with van der Waals surface area (Å²) in [4.78, 5) is 16.4. The summed E-state index contributed by atoms with van der Waals surface area (Å²) in [6.45, 7) is 2.56. The van der Waals surface area contributed by atoms with Gasteiger partial charge in [0.05, 0.1) is 11.3 Å². The fraction of sp³-hybridized carbons (Fsp3) is 0.300. The van der Waals surface area contributed by atoms with Crippen molar-refractivity contribution in [2.45, 2.75) is 31.5 Å². The zero-order valence-electron chi connectivity index (χ0n) is 16.0. The highest BCUT2D eigenvalue weighted by Crippen LogP contribution is 2.33. The molecule has 1 saturated heterocycles. The SMILES string of the molecule is CC1(c2nnc(-c3ncccc3NCc3ccc(C(F)(F)F)cc3)o2)CCNC1=O. The molecule has 10 heteroatoms. The first kappa shape index (κ1) is 19.9. The van der Waals surface area contributed by atoms with Crippen LogP contribution in [0, 0.1) is 0 Å². The predicted octanol–water partition coefficient (Wildman–Crippen LogP) is 3.54. The van der Waals surface area contributed by atoms with Gasteiger partial charge in [-0.25, -0.2) is 4.98 Å². The molecule has 0 spiro atoms. The summed E-state index contributed by atoms with van der Waals surface area (Å²) in [6.07, 6.45) is -2.26. The number of amides is 1. The highest BCUT2D eigenvalue weighted by Gasteiger charge is 2.44. The van der Waals surface area contributed by atoms with E-state index in [0.717, 1.165) is 12.1 Å². The average molecular weight is 417 g/mol. The van der Waals surface area contributed by atoms with E-state index in [1.165, 1.54) is 12.1 Å². The first-order valence-electron chi connectivity index (χ1n) is 9.25. The lowest BCUT2D eigenvalue weighted by Gasteiger charge is -2.14. The Morgan fingerprint density at radius 1 is 1.20 bits per heavy atom. The summed E-state index contributed by atoms with van der Waals surface area (Å²) in [6, 6.07) is 8.37. The van der Waals surface area contributed by atoms with Gasteiger partial charge in [-0.05, 0) is 43.2 Å².